The highest BCUT2D eigenvalue weighted by atomic mass is 16.3. The standard InChI is InChI=1S/C30H30N2O/c1-20-13-18-25-28(19-20)33-21(2)29(25)30-31(3)26-11-7-8-12-27(26)32(30)24-16-14-23(15-17-24)22-9-5-4-6-10-22/h5,7-14,16-19,23,30H,4,6,15H2,1-3H3. The average molecular weight is 435 g/mol. The van der Waals surface area contributed by atoms with Gasteiger partial charge in [0.25, 0.3) is 0 Å². The number of anilines is 2. The fourth-order valence-electron chi connectivity index (χ4n) is 5.62. The molecule has 2 unspecified atom stereocenters. The number of furan rings is 1. The molecule has 1 aliphatic heterocycles. The summed E-state index contributed by atoms with van der Waals surface area (Å²) in [6, 6.07) is 15.3. The zero-order valence-electron chi connectivity index (χ0n) is 19.6. The highest BCUT2D eigenvalue weighted by molar-refractivity contribution is 5.88. The first-order valence-corrected chi connectivity index (χ1v) is 12.0. The van der Waals surface area contributed by atoms with Gasteiger partial charge in [0.2, 0.25) is 0 Å². The number of hydrogen-bond donors (Lipinski definition) is 0. The van der Waals surface area contributed by atoms with Crippen LogP contribution in [0.2, 0.25) is 0 Å². The van der Waals surface area contributed by atoms with E-state index in [0.29, 0.717) is 5.92 Å². The van der Waals surface area contributed by atoms with Crippen LogP contribution in [0.15, 0.2) is 94.6 Å². The lowest BCUT2D eigenvalue weighted by Gasteiger charge is -2.33. The molecule has 0 radical (unpaired) electrons. The first-order valence-electron chi connectivity index (χ1n) is 12.0. The summed E-state index contributed by atoms with van der Waals surface area (Å²) in [5, 5.41) is 1.20. The van der Waals surface area contributed by atoms with Gasteiger partial charge in [0.1, 0.15) is 17.5 Å². The van der Waals surface area contributed by atoms with Gasteiger partial charge in [-0.2, -0.15) is 0 Å². The molecule has 0 saturated heterocycles. The predicted octanol–water partition coefficient (Wildman–Crippen LogP) is 7.74. The number of hydrogen-bond acceptors (Lipinski definition) is 3. The van der Waals surface area contributed by atoms with E-state index >= 15 is 0 Å². The van der Waals surface area contributed by atoms with Crippen LogP contribution in [-0.4, -0.2) is 7.05 Å². The molecular formula is C30H30N2O. The number of aryl methyl sites for hydroxylation is 2. The SMILES string of the molecule is Cc1ccc2c(C3N(C)c4ccccc4N3C3=CCC(C4=CCCC=C4)C=C3)c(C)oc2c1. The number of fused-ring (bicyclic) bond motifs is 2. The third-order valence-corrected chi connectivity index (χ3v) is 7.27. The van der Waals surface area contributed by atoms with Crippen molar-refractivity contribution in [3.63, 3.8) is 0 Å². The fourth-order valence-corrected chi connectivity index (χ4v) is 5.62. The van der Waals surface area contributed by atoms with Crippen LogP contribution < -0.4 is 9.80 Å². The molecule has 0 spiro atoms. The van der Waals surface area contributed by atoms with Crippen molar-refractivity contribution in [2.45, 2.75) is 39.3 Å². The smallest absolute Gasteiger partial charge is 0.136 e. The second-order valence-electron chi connectivity index (χ2n) is 9.43. The van der Waals surface area contributed by atoms with E-state index in [0.717, 1.165) is 30.6 Å². The average Bonchev–Trinajstić information content (AvgIpc) is 3.32. The molecule has 3 aromatic rings. The van der Waals surface area contributed by atoms with E-state index in [4.69, 9.17) is 4.42 Å². The van der Waals surface area contributed by atoms with Gasteiger partial charge in [0, 0.05) is 29.6 Å². The lowest BCUT2D eigenvalue weighted by atomic mass is 9.88. The van der Waals surface area contributed by atoms with Gasteiger partial charge < -0.3 is 14.2 Å². The summed E-state index contributed by atoms with van der Waals surface area (Å²) < 4.78 is 6.27. The van der Waals surface area contributed by atoms with Crippen LogP contribution in [0.3, 0.4) is 0 Å². The highest BCUT2D eigenvalue weighted by Gasteiger charge is 2.39. The maximum absolute atomic E-state index is 6.27. The van der Waals surface area contributed by atoms with Gasteiger partial charge in [-0.15, -0.1) is 0 Å². The Morgan fingerprint density at radius 1 is 0.939 bits per heavy atom. The van der Waals surface area contributed by atoms with Crippen LogP contribution in [0.1, 0.15) is 42.3 Å². The number of rotatable bonds is 3. The van der Waals surface area contributed by atoms with Crippen LogP contribution in [-0.2, 0) is 0 Å². The van der Waals surface area contributed by atoms with Crippen molar-refractivity contribution in [2.24, 2.45) is 5.92 Å². The van der Waals surface area contributed by atoms with Crippen molar-refractivity contribution in [3.05, 3.63) is 107 Å². The van der Waals surface area contributed by atoms with E-state index in [9.17, 15) is 0 Å². The first-order chi connectivity index (χ1) is 16.1. The minimum Gasteiger partial charge on any atom is -0.461 e. The van der Waals surface area contributed by atoms with Crippen molar-refractivity contribution in [2.75, 3.05) is 16.8 Å². The van der Waals surface area contributed by atoms with Gasteiger partial charge in [-0.05, 0) is 68.5 Å². The molecule has 2 heterocycles. The summed E-state index contributed by atoms with van der Waals surface area (Å²) in [6.07, 6.45) is 17.5. The Morgan fingerprint density at radius 2 is 1.79 bits per heavy atom. The Morgan fingerprint density at radius 3 is 2.55 bits per heavy atom. The van der Waals surface area contributed by atoms with Crippen molar-refractivity contribution in [1.29, 1.82) is 0 Å². The van der Waals surface area contributed by atoms with E-state index < -0.39 is 0 Å². The van der Waals surface area contributed by atoms with Crippen LogP contribution in [0, 0.1) is 19.8 Å². The van der Waals surface area contributed by atoms with Gasteiger partial charge in [0.15, 0.2) is 0 Å². The lowest BCUT2D eigenvalue weighted by molar-refractivity contribution is 0.560. The molecule has 0 saturated carbocycles. The molecule has 3 heteroatoms. The minimum atomic E-state index is 0.0487. The quantitative estimate of drug-likeness (QED) is 0.420. The van der Waals surface area contributed by atoms with Crippen LogP contribution in [0.25, 0.3) is 11.0 Å². The lowest BCUT2D eigenvalue weighted by Crippen LogP contribution is -2.33. The molecule has 1 aromatic heterocycles. The normalized spacial score (nSPS) is 22.0. The van der Waals surface area contributed by atoms with Crippen molar-refractivity contribution in [1.82, 2.24) is 0 Å². The van der Waals surface area contributed by atoms with E-state index in [1.165, 1.54) is 39.2 Å². The zero-order chi connectivity index (χ0) is 22.5. The number of nitrogens with zero attached hydrogens (tertiary/aromatic N) is 2. The molecule has 0 amide bonds. The Bertz CT molecular complexity index is 1350. The monoisotopic (exact) mass is 434 g/mol. The maximum Gasteiger partial charge on any atom is 0.136 e. The number of benzene rings is 2. The first kappa shape index (κ1) is 20.2. The van der Waals surface area contributed by atoms with Crippen LogP contribution >= 0.6 is 0 Å². The Hall–Kier alpha value is -3.46. The van der Waals surface area contributed by atoms with Gasteiger partial charge in [0.05, 0.1) is 11.4 Å². The second kappa shape index (κ2) is 7.84. The molecule has 0 fully saturated rings. The Balaban J connectivity index is 1.44. The van der Waals surface area contributed by atoms with E-state index in [2.05, 4.69) is 110 Å². The summed E-state index contributed by atoms with van der Waals surface area (Å²) in [7, 11) is 2.20. The molecular weight excluding hydrogens is 404 g/mol. The van der Waals surface area contributed by atoms with Gasteiger partial charge in [-0.3, -0.25) is 0 Å². The Kier molecular flexibility index (Phi) is 4.79. The molecule has 2 aliphatic carbocycles. The molecule has 3 nitrogen and oxygen atoms in total. The topological polar surface area (TPSA) is 19.6 Å². The number of allylic oxidation sites excluding steroid dienone is 7. The highest BCUT2D eigenvalue weighted by Crippen LogP contribution is 2.50. The zero-order valence-corrected chi connectivity index (χ0v) is 19.6. The fraction of sp³-hybridized carbons (Fsp3) is 0.267. The molecule has 2 atom stereocenters. The van der Waals surface area contributed by atoms with Gasteiger partial charge >= 0.3 is 0 Å². The van der Waals surface area contributed by atoms with Crippen LogP contribution in [0.5, 0.6) is 0 Å². The van der Waals surface area contributed by atoms with Gasteiger partial charge in [-0.1, -0.05) is 54.6 Å². The predicted molar refractivity (Wildman–Crippen MR) is 138 cm³/mol. The van der Waals surface area contributed by atoms with Crippen molar-refractivity contribution < 1.29 is 4.42 Å². The molecule has 33 heavy (non-hydrogen) atoms. The minimum absolute atomic E-state index is 0.0487. The van der Waals surface area contributed by atoms with Gasteiger partial charge in [-0.25, -0.2) is 0 Å². The molecule has 6 rings (SSSR count). The van der Waals surface area contributed by atoms with E-state index in [-0.39, 0.29) is 6.17 Å². The summed E-state index contributed by atoms with van der Waals surface area (Å²) in [5.74, 6) is 1.46. The maximum atomic E-state index is 6.27. The Labute approximate surface area is 196 Å². The second-order valence-corrected chi connectivity index (χ2v) is 9.43. The molecule has 0 bridgehead atoms. The summed E-state index contributed by atoms with van der Waals surface area (Å²) in [5.41, 5.74) is 8.64. The van der Waals surface area contributed by atoms with Crippen LogP contribution in [0.4, 0.5) is 11.4 Å². The molecule has 3 aliphatic rings. The largest absolute Gasteiger partial charge is 0.461 e. The van der Waals surface area contributed by atoms with Crippen molar-refractivity contribution >= 4 is 22.3 Å². The number of para-hydroxylation sites is 2. The summed E-state index contributed by atoms with van der Waals surface area (Å²) in [6.45, 7) is 4.22. The third-order valence-electron chi connectivity index (χ3n) is 7.27. The third kappa shape index (κ3) is 3.26. The molecule has 166 valence electrons. The molecule has 2 aromatic carbocycles. The van der Waals surface area contributed by atoms with E-state index in [1.54, 1.807) is 0 Å². The summed E-state index contributed by atoms with van der Waals surface area (Å²) >= 11 is 0. The van der Waals surface area contributed by atoms with E-state index in [1.807, 2.05) is 0 Å². The van der Waals surface area contributed by atoms with Crippen molar-refractivity contribution in [3.8, 4) is 0 Å². The molecule has 0 N–H and O–H groups in total. The summed E-state index contributed by atoms with van der Waals surface area (Å²) in [4.78, 5) is 4.88.